The zero-order chi connectivity index (χ0) is 17.9. The molecule has 0 saturated carbocycles. The molecule has 1 aliphatic rings. The molecule has 0 radical (unpaired) electrons. The number of aryl methyl sites for hydroxylation is 1. The van der Waals surface area contributed by atoms with Crippen LogP contribution in [-0.4, -0.2) is 29.0 Å². The molecule has 1 aliphatic heterocycles. The van der Waals surface area contributed by atoms with Crippen LogP contribution in [0.4, 0.5) is 0 Å². The molecule has 5 nitrogen and oxygen atoms in total. The summed E-state index contributed by atoms with van der Waals surface area (Å²) in [6.07, 6.45) is 2.28. The van der Waals surface area contributed by atoms with Gasteiger partial charge >= 0.3 is 5.76 Å². The van der Waals surface area contributed by atoms with Crippen molar-refractivity contribution in [2.75, 3.05) is 13.1 Å². The lowest BCUT2D eigenvalue weighted by atomic mass is 10.0. The molecule has 1 aromatic heterocycles. The van der Waals surface area contributed by atoms with Crippen LogP contribution in [0.1, 0.15) is 29.5 Å². The summed E-state index contributed by atoms with van der Waals surface area (Å²) in [7, 11) is 0. The first-order valence-electron chi connectivity index (χ1n) is 9.30. The van der Waals surface area contributed by atoms with Gasteiger partial charge in [0.1, 0.15) is 0 Å². The van der Waals surface area contributed by atoms with Crippen molar-refractivity contribution in [3.05, 3.63) is 69.7 Å². The molecule has 2 N–H and O–H groups in total. The van der Waals surface area contributed by atoms with Crippen molar-refractivity contribution in [3.63, 3.8) is 0 Å². The number of hydrogen-bond acceptors (Lipinski definition) is 4. The molecule has 136 valence electrons. The van der Waals surface area contributed by atoms with Gasteiger partial charge in [0.2, 0.25) is 0 Å². The van der Waals surface area contributed by atoms with Crippen molar-refractivity contribution in [2.24, 2.45) is 0 Å². The first-order valence-corrected chi connectivity index (χ1v) is 9.30. The maximum Gasteiger partial charge on any atom is 0.417 e. The van der Waals surface area contributed by atoms with Crippen LogP contribution in [0.5, 0.6) is 0 Å². The molecule has 3 aromatic rings. The topological polar surface area (TPSA) is 61.3 Å². The van der Waals surface area contributed by atoms with Gasteiger partial charge < -0.3 is 9.73 Å². The number of para-hydroxylation sites is 1. The smallest absolute Gasteiger partial charge is 0.408 e. The summed E-state index contributed by atoms with van der Waals surface area (Å²) in [5.41, 5.74) is 5.26. The van der Waals surface area contributed by atoms with E-state index in [2.05, 4.69) is 46.4 Å². The number of likely N-dealkylation sites (tertiary alicyclic amines) is 1. The second kappa shape index (κ2) is 7.48. The van der Waals surface area contributed by atoms with Gasteiger partial charge in [-0.25, -0.2) is 4.79 Å². The molecule has 1 fully saturated rings. The highest BCUT2D eigenvalue weighted by Gasteiger charge is 2.19. The second-order valence-corrected chi connectivity index (χ2v) is 7.17. The van der Waals surface area contributed by atoms with E-state index in [1.54, 1.807) is 0 Å². The van der Waals surface area contributed by atoms with Gasteiger partial charge in [-0.05, 0) is 50.0 Å². The summed E-state index contributed by atoms with van der Waals surface area (Å²) in [5.74, 6) is -0.392. The highest BCUT2D eigenvalue weighted by atomic mass is 16.4. The maximum atomic E-state index is 11.4. The van der Waals surface area contributed by atoms with E-state index in [4.69, 9.17) is 4.42 Å². The minimum atomic E-state index is -0.392. The normalized spacial score (nSPS) is 16.3. The quantitative estimate of drug-likeness (QED) is 0.741. The van der Waals surface area contributed by atoms with E-state index in [1.807, 2.05) is 18.2 Å². The number of hydrogen-bond donors (Lipinski definition) is 2. The van der Waals surface area contributed by atoms with Crippen molar-refractivity contribution >= 4 is 11.1 Å². The Morgan fingerprint density at radius 1 is 1.12 bits per heavy atom. The standard InChI is InChI=1S/C21H25N3O2/c1-15-5-2-3-6-17(15)14-24-11-9-18(10-12-24)22-13-16-7-4-8-19-20(16)26-21(25)23-19/h2-8,18,22H,9-14H2,1H3,(H,23,25). The Labute approximate surface area is 153 Å². The second-order valence-electron chi connectivity index (χ2n) is 7.17. The fraction of sp³-hybridized carbons (Fsp3) is 0.381. The van der Waals surface area contributed by atoms with E-state index in [0.29, 0.717) is 11.6 Å². The third-order valence-corrected chi connectivity index (χ3v) is 5.35. The van der Waals surface area contributed by atoms with Gasteiger partial charge in [0.25, 0.3) is 0 Å². The van der Waals surface area contributed by atoms with Crippen molar-refractivity contribution < 1.29 is 4.42 Å². The molecule has 0 unspecified atom stereocenters. The summed E-state index contributed by atoms with van der Waals surface area (Å²) < 4.78 is 5.27. The lowest BCUT2D eigenvalue weighted by Gasteiger charge is -2.32. The van der Waals surface area contributed by atoms with E-state index in [9.17, 15) is 4.79 Å². The SMILES string of the molecule is Cc1ccccc1CN1CCC(NCc2cccc3[nH]c(=O)oc23)CC1. The van der Waals surface area contributed by atoms with Gasteiger partial charge in [-0.3, -0.25) is 9.88 Å². The van der Waals surface area contributed by atoms with Crippen LogP contribution in [0.25, 0.3) is 11.1 Å². The van der Waals surface area contributed by atoms with E-state index in [0.717, 1.165) is 50.1 Å². The molecule has 0 aliphatic carbocycles. The molecule has 0 spiro atoms. The average molecular weight is 351 g/mol. The first-order chi connectivity index (χ1) is 12.7. The Kier molecular flexibility index (Phi) is 4.91. The van der Waals surface area contributed by atoms with E-state index in [1.165, 1.54) is 11.1 Å². The molecule has 5 heteroatoms. The number of nitrogens with zero attached hydrogens (tertiary/aromatic N) is 1. The third-order valence-electron chi connectivity index (χ3n) is 5.35. The monoisotopic (exact) mass is 351 g/mol. The Bertz CT molecular complexity index is 936. The van der Waals surface area contributed by atoms with Crippen molar-refractivity contribution in [1.82, 2.24) is 15.2 Å². The summed E-state index contributed by atoms with van der Waals surface area (Å²) in [6.45, 7) is 6.16. The van der Waals surface area contributed by atoms with Crippen molar-refractivity contribution in [2.45, 2.75) is 38.9 Å². The largest absolute Gasteiger partial charge is 0.417 e. The molecule has 1 saturated heterocycles. The number of H-pyrrole nitrogens is 1. The highest BCUT2D eigenvalue weighted by molar-refractivity contribution is 5.75. The van der Waals surface area contributed by atoms with Gasteiger partial charge in [-0.2, -0.15) is 0 Å². The fourth-order valence-corrected chi connectivity index (χ4v) is 3.75. The predicted molar refractivity (Wildman–Crippen MR) is 103 cm³/mol. The van der Waals surface area contributed by atoms with Crippen LogP contribution in [0.2, 0.25) is 0 Å². The Balaban J connectivity index is 1.31. The Hall–Kier alpha value is -2.37. The first kappa shape index (κ1) is 17.1. The van der Waals surface area contributed by atoms with Gasteiger partial charge in [0, 0.05) is 24.7 Å². The van der Waals surface area contributed by atoms with Crippen LogP contribution in [0, 0.1) is 6.92 Å². The van der Waals surface area contributed by atoms with Gasteiger partial charge in [-0.1, -0.05) is 36.4 Å². The number of aromatic amines is 1. The molecule has 0 bridgehead atoms. The van der Waals surface area contributed by atoms with Crippen LogP contribution >= 0.6 is 0 Å². The summed E-state index contributed by atoms with van der Waals surface area (Å²) in [6, 6.07) is 15.0. The van der Waals surface area contributed by atoms with Crippen LogP contribution in [-0.2, 0) is 13.1 Å². The summed E-state index contributed by atoms with van der Waals surface area (Å²) in [5, 5.41) is 3.63. The summed E-state index contributed by atoms with van der Waals surface area (Å²) in [4.78, 5) is 16.7. The average Bonchev–Trinajstić information content (AvgIpc) is 3.04. The lowest BCUT2D eigenvalue weighted by molar-refractivity contribution is 0.190. The summed E-state index contributed by atoms with van der Waals surface area (Å²) >= 11 is 0. The fourth-order valence-electron chi connectivity index (χ4n) is 3.75. The number of rotatable bonds is 5. The number of benzene rings is 2. The van der Waals surface area contributed by atoms with Crippen LogP contribution in [0.3, 0.4) is 0 Å². The van der Waals surface area contributed by atoms with Gasteiger partial charge in [-0.15, -0.1) is 0 Å². The zero-order valence-electron chi connectivity index (χ0n) is 15.1. The Morgan fingerprint density at radius 3 is 2.69 bits per heavy atom. The molecule has 26 heavy (non-hydrogen) atoms. The molecule has 2 heterocycles. The third kappa shape index (κ3) is 3.74. The lowest BCUT2D eigenvalue weighted by Crippen LogP contribution is -2.41. The number of fused-ring (bicyclic) bond motifs is 1. The maximum absolute atomic E-state index is 11.4. The van der Waals surface area contributed by atoms with Crippen LogP contribution in [0.15, 0.2) is 51.7 Å². The minimum absolute atomic E-state index is 0.392. The molecular weight excluding hydrogens is 326 g/mol. The van der Waals surface area contributed by atoms with Gasteiger partial charge in [0.05, 0.1) is 5.52 Å². The molecule has 2 aromatic carbocycles. The number of aromatic nitrogens is 1. The number of nitrogens with one attached hydrogen (secondary N) is 2. The highest BCUT2D eigenvalue weighted by Crippen LogP contribution is 2.18. The number of piperidine rings is 1. The zero-order valence-corrected chi connectivity index (χ0v) is 15.1. The predicted octanol–water partition coefficient (Wildman–Crippen LogP) is 3.18. The van der Waals surface area contributed by atoms with Gasteiger partial charge in [0.15, 0.2) is 5.58 Å². The minimum Gasteiger partial charge on any atom is -0.408 e. The van der Waals surface area contributed by atoms with E-state index in [-0.39, 0.29) is 0 Å². The van der Waals surface area contributed by atoms with Crippen molar-refractivity contribution in [1.29, 1.82) is 0 Å². The Morgan fingerprint density at radius 2 is 1.88 bits per heavy atom. The molecule has 0 amide bonds. The van der Waals surface area contributed by atoms with Crippen LogP contribution < -0.4 is 11.1 Å². The molecule has 4 rings (SSSR count). The van der Waals surface area contributed by atoms with Crippen molar-refractivity contribution in [3.8, 4) is 0 Å². The number of oxazole rings is 1. The molecular formula is C21H25N3O2. The van der Waals surface area contributed by atoms with E-state index >= 15 is 0 Å². The molecule has 0 atom stereocenters. The van der Waals surface area contributed by atoms with E-state index < -0.39 is 5.76 Å².